The highest BCUT2D eigenvalue weighted by atomic mass is 32.1. The molecule has 3 heterocycles. The summed E-state index contributed by atoms with van der Waals surface area (Å²) < 4.78 is 6.27. The molecule has 1 aliphatic carbocycles. The van der Waals surface area contributed by atoms with Crippen LogP contribution in [0.25, 0.3) is 0 Å². The number of ether oxygens (including phenoxy) is 1. The van der Waals surface area contributed by atoms with Gasteiger partial charge in [-0.1, -0.05) is 31.5 Å². The predicted octanol–water partition coefficient (Wildman–Crippen LogP) is 3.84. The maximum Gasteiger partial charge on any atom is 0.233 e. The Morgan fingerprint density at radius 3 is 2.61 bits per heavy atom. The lowest BCUT2D eigenvalue weighted by atomic mass is 9.63. The van der Waals surface area contributed by atoms with Crippen molar-refractivity contribution in [3.63, 3.8) is 0 Å². The molecule has 2 aromatic rings. The molecule has 7 heteroatoms. The highest BCUT2D eigenvalue weighted by molar-refractivity contribution is 7.09. The summed E-state index contributed by atoms with van der Waals surface area (Å²) in [6.45, 7) is 2.36. The van der Waals surface area contributed by atoms with Gasteiger partial charge in [-0.15, -0.1) is 11.3 Å². The molecule has 2 amide bonds. The number of carbonyl (C=O) groups is 2. The first-order valence-electron chi connectivity index (χ1n) is 11.0. The van der Waals surface area contributed by atoms with E-state index in [4.69, 9.17) is 4.74 Å². The second-order valence-electron chi connectivity index (χ2n) is 8.99. The number of phenolic OH excluding ortho intramolecular Hbond substituents is 1. The normalized spacial score (nSPS) is 34.8. The monoisotopic (exact) mass is 441 g/mol. The topological polar surface area (TPSA) is 87.1 Å². The lowest BCUT2D eigenvalue weighted by molar-refractivity contribution is -0.270. The Kier molecular flexibility index (Phi) is 5.15. The summed E-state index contributed by atoms with van der Waals surface area (Å²) in [5, 5.41) is 23.3. The number of likely N-dealkylation sites (tertiary alicyclic amines) is 1. The molecule has 2 N–H and O–H groups in total. The van der Waals surface area contributed by atoms with Crippen LogP contribution in [0, 0.1) is 23.7 Å². The molecule has 5 rings (SSSR count). The van der Waals surface area contributed by atoms with Gasteiger partial charge in [0.1, 0.15) is 5.75 Å². The molecule has 3 aliphatic rings. The van der Waals surface area contributed by atoms with Gasteiger partial charge in [0, 0.05) is 16.7 Å². The molecule has 1 saturated carbocycles. The lowest BCUT2D eigenvalue weighted by Crippen LogP contribution is -2.53. The van der Waals surface area contributed by atoms with E-state index < -0.39 is 23.5 Å². The van der Waals surface area contributed by atoms with Gasteiger partial charge in [0.25, 0.3) is 0 Å². The van der Waals surface area contributed by atoms with Crippen molar-refractivity contribution >= 4 is 23.2 Å². The van der Waals surface area contributed by atoms with Crippen LogP contribution < -0.4 is 0 Å². The van der Waals surface area contributed by atoms with E-state index in [-0.39, 0.29) is 29.6 Å². The van der Waals surface area contributed by atoms with Crippen LogP contribution in [-0.2, 0) is 20.9 Å². The number of nitrogens with zero attached hydrogens (tertiary/aromatic N) is 1. The number of aliphatic hydroxyl groups is 1. The Labute approximate surface area is 185 Å². The number of amides is 2. The van der Waals surface area contributed by atoms with E-state index in [1.807, 2.05) is 17.5 Å². The summed E-state index contributed by atoms with van der Waals surface area (Å²) in [7, 11) is 0. The van der Waals surface area contributed by atoms with Crippen molar-refractivity contribution in [1.82, 2.24) is 4.90 Å². The number of fused-ring (bicyclic) bond motifs is 3. The molecule has 6 nitrogen and oxygen atoms in total. The zero-order chi connectivity index (χ0) is 21.8. The van der Waals surface area contributed by atoms with Gasteiger partial charge in [-0.05, 0) is 48.4 Å². The van der Waals surface area contributed by atoms with Crippen molar-refractivity contribution in [2.24, 2.45) is 23.7 Å². The predicted molar refractivity (Wildman–Crippen MR) is 115 cm³/mol. The van der Waals surface area contributed by atoms with Gasteiger partial charge in [0.15, 0.2) is 5.79 Å². The van der Waals surface area contributed by atoms with E-state index in [0.717, 1.165) is 23.3 Å². The first-order valence-corrected chi connectivity index (χ1v) is 11.9. The summed E-state index contributed by atoms with van der Waals surface area (Å²) >= 11 is 1.53. The van der Waals surface area contributed by atoms with Crippen molar-refractivity contribution in [1.29, 1.82) is 0 Å². The van der Waals surface area contributed by atoms with Crippen molar-refractivity contribution < 1.29 is 24.5 Å². The Bertz CT molecular complexity index is 974. The smallest absolute Gasteiger partial charge is 0.233 e. The molecule has 1 aromatic carbocycles. The van der Waals surface area contributed by atoms with Crippen molar-refractivity contribution in [2.45, 2.75) is 51.0 Å². The zero-order valence-corrected chi connectivity index (χ0v) is 18.3. The molecule has 0 unspecified atom stereocenters. The molecule has 2 aliphatic heterocycles. The zero-order valence-electron chi connectivity index (χ0n) is 17.4. The number of imide groups is 1. The van der Waals surface area contributed by atoms with Gasteiger partial charge in [-0.2, -0.15) is 0 Å². The third kappa shape index (κ3) is 3.30. The quantitative estimate of drug-likeness (QED) is 0.689. The molecule has 2 saturated heterocycles. The van der Waals surface area contributed by atoms with Crippen LogP contribution in [0.3, 0.4) is 0 Å². The molecule has 1 aromatic heterocycles. The number of aromatic hydroxyl groups is 1. The number of hydrogen-bond donors (Lipinski definition) is 2. The minimum absolute atomic E-state index is 0.111. The Morgan fingerprint density at radius 2 is 1.94 bits per heavy atom. The molecular formula is C24H27NO5S. The molecular weight excluding hydrogens is 414 g/mol. The standard InChI is InChI=1S/C24H27NO5S/c1-2-4-15-11-18-21(23(28)25(22(18)27)13-17-5-3-10-31-17)19-12-20(30-24(15,19)29)14-6-8-16(26)9-7-14/h3,5-10,15,18-21,26,29H,2,4,11-13H2,1H3/t15-,18-,19-,20-,21-,24+/m0/s1. The van der Waals surface area contributed by atoms with E-state index >= 15 is 0 Å². The van der Waals surface area contributed by atoms with Crippen molar-refractivity contribution in [3.8, 4) is 5.75 Å². The minimum Gasteiger partial charge on any atom is -0.508 e. The molecule has 6 atom stereocenters. The SMILES string of the molecule is CCC[C@H]1C[C@@H]2C(=O)N(Cc3cccs3)C(=O)[C@@H]2[C@@H]2C[C@@H](c3ccc(O)cc3)O[C@]12O. The number of carbonyl (C=O) groups excluding carboxylic acids is 2. The average Bonchev–Trinajstić information content (AvgIpc) is 3.44. The Morgan fingerprint density at radius 1 is 1.16 bits per heavy atom. The number of rotatable bonds is 5. The number of thiophene rings is 1. The van der Waals surface area contributed by atoms with E-state index in [1.54, 1.807) is 24.3 Å². The van der Waals surface area contributed by atoms with Gasteiger partial charge < -0.3 is 14.9 Å². The van der Waals surface area contributed by atoms with Gasteiger partial charge >= 0.3 is 0 Å². The molecule has 164 valence electrons. The van der Waals surface area contributed by atoms with Gasteiger partial charge in [-0.25, -0.2) is 0 Å². The summed E-state index contributed by atoms with van der Waals surface area (Å²) in [5.41, 5.74) is 0.861. The van der Waals surface area contributed by atoms with Crippen molar-refractivity contribution in [2.75, 3.05) is 0 Å². The van der Waals surface area contributed by atoms with Gasteiger partial charge in [0.2, 0.25) is 11.8 Å². The summed E-state index contributed by atoms with van der Waals surface area (Å²) in [5.74, 6) is -3.10. The summed E-state index contributed by atoms with van der Waals surface area (Å²) in [6, 6.07) is 10.6. The Balaban J connectivity index is 1.48. The fourth-order valence-electron chi connectivity index (χ4n) is 5.84. The molecule has 0 bridgehead atoms. The van der Waals surface area contributed by atoms with Crippen LogP contribution in [0.2, 0.25) is 0 Å². The second-order valence-corrected chi connectivity index (χ2v) is 10.0. The van der Waals surface area contributed by atoms with Crippen LogP contribution in [0.15, 0.2) is 41.8 Å². The number of hydrogen-bond acceptors (Lipinski definition) is 6. The number of phenols is 1. The molecule has 3 fully saturated rings. The van der Waals surface area contributed by atoms with Crippen LogP contribution in [0.1, 0.15) is 49.2 Å². The van der Waals surface area contributed by atoms with Gasteiger partial charge in [-0.3, -0.25) is 14.5 Å². The van der Waals surface area contributed by atoms with Gasteiger partial charge in [0.05, 0.1) is 24.5 Å². The van der Waals surface area contributed by atoms with Crippen LogP contribution in [-0.4, -0.2) is 32.7 Å². The summed E-state index contributed by atoms with van der Waals surface area (Å²) in [6.07, 6.45) is 2.19. The van der Waals surface area contributed by atoms with E-state index in [0.29, 0.717) is 19.4 Å². The maximum atomic E-state index is 13.4. The third-order valence-electron chi connectivity index (χ3n) is 7.25. The molecule has 0 spiro atoms. The van der Waals surface area contributed by atoms with E-state index in [9.17, 15) is 19.8 Å². The first-order chi connectivity index (χ1) is 14.9. The highest BCUT2D eigenvalue weighted by Gasteiger charge is 2.66. The first kappa shape index (κ1) is 20.7. The molecule has 31 heavy (non-hydrogen) atoms. The highest BCUT2D eigenvalue weighted by Crippen LogP contribution is 2.59. The molecule has 0 radical (unpaired) electrons. The Hall–Kier alpha value is -2.22. The average molecular weight is 442 g/mol. The van der Waals surface area contributed by atoms with E-state index in [1.165, 1.54) is 16.2 Å². The van der Waals surface area contributed by atoms with E-state index in [2.05, 4.69) is 6.92 Å². The minimum atomic E-state index is -1.42. The largest absolute Gasteiger partial charge is 0.508 e. The van der Waals surface area contributed by atoms with Crippen LogP contribution in [0.5, 0.6) is 5.75 Å². The van der Waals surface area contributed by atoms with Crippen LogP contribution >= 0.6 is 11.3 Å². The second kappa shape index (κ2) is 7.73. The third-order valence-corrected chi connectivity index (χ3v) is 8.11. The lowest BCUT2D eigenvalue weighted by Gasteiger charge is -2.44. The van der Waals surface area contributed by atoms with Crippen LogP contribution in [0.4, 0.5) is 0 Å². The number of benzene rings is 1. The maximum absolute atomic E-state index is 13.4. The van der Waals surface area contributed by atoms with Crippen molar-refractivity contribution in [3.05, 3.63) is 52.2 Å². The summed E-state index contributed by atoms with van der Waals surface area (Å²) in [4.78, 5) is 29.1. The fraction of sp³-hybridized carbons (Fsp3) is 0.500. The fourth-order valence-corrected chi connectivity index (χ4v) is 6.53.